The average Bonchev–Trinajstić information content (AvgIpc) is 3.21. The van der Waals surface area contributed by atoms with Crippen LogP contribution < -0.4 is 10.1 Å². The van der Waals surface area contributed by atoms with Gasteiger partial charge in [0.05, 0.1) is 12.1 Å². The summed E-state index contributed by atoms with van der Waals surface area (Å²) >= 11 is 0. The maximum atomic E-state index is 12.3. The highest BCUT2D eigenvalue weighted by molar-refractivity contribution is 5.92. The molecule has 24 heavy (non-hydrogen) atoms. The maximum Gasteiger partial charge on any atom is 0.230 e. The Balaban J connectivity index is 1.46. The molecule has 2 heterocycles. The minimum atomic E-state index is -0.174. The third-order valence-electron chi connectivity index (χ3n) is 4.47. The molecule has 1 aromatic heterocycles. The fourth-order valence-corrected chi connectivity index (χ4v) is 3.17. The SMILES string of the molecule is CC1Cc2cc(CC(=O)Nc3n[nH]c(C4CC4)c3C#N)ccc2O1. The van der Waals surface area contributed by atoms with Gasteiger partial charge in [-0.1, -0.05) is 12.1 Å². The molecule has 2 aromatic rings. The number of aromatic amines is 1. The van der Waals surface area contributed by atoms with E-state index in [1.165, 1.54) is 0 Å². The van der Waals surface area contributed by atoms with Crippen molar-refractivity contribution in [2.75, 3.05) is 5.32 Å². The lowest BCUT2D eigenvalue weighted by Crippen LogP contribution is -2.15. The van der Waals surface area contributed by atoms with Crippen LogP contribution in [0.5, 0.6) is 5.75 Å². The highest BCUT2D eigenvalue weighted by atomic mass is 16.5. The van der Waals surface area contributed by atoms with Gasteiger partial charge in [0.2, 0.25) is 5.91 Å². The number of amides is 1. The second-order valence-corrected chi connectivity index (χ2v) is 6.55. The summed E-state index contributed by atoms with van der Waals surface area (Å²) in [6.07, 6.45) is 3.44. The lowest BCUT2D eigenvalue weighted by molar-refractivity contribution is -0.115. The van der Waals surface area contributed by atoms with Crippen LogP contribution in [0.3, 0.4) is 0 Å². The molecule has 1 aliphatic heterocycles. The summed E-state index contributed by atoms with van der Waals surface area (Å²) in [5.41, 5.74) is 3.38. The molecule has 0 spiro atoms. The van der Waals surface area contributed by atoms with Gasteiger partial charge in [-0.3, -0.25) is 9.89 Å². The molecule has 1 atom stereocenters. The topological polar surface area (TPSA) is 90.8 Å². The van der Waals surface area contributed by atoms with E-state index in [4.69, 9.17) is 4.74 Å². The van der Waals surface area contributed by atoms with Crippen LogP contribution in [-0.4, -0.2) is 22.2 Å². The van der Waals surface area contributed by atoms with Crippen LogP contribution >= 0.6 is 0 Å². The summed E-state index contributed by atoms with van der Waals surface area (Å²) in [6.45, 7) is 2.03. The molecule has 1 saturated carbocycles. The van der Waals surface area contributed by atoms with Crippen molar-refractivity contribution < 1.29 is 9.53 Å². The lowest BCUT2D eigenvalue weighted by Gasteiger charge is -2.05. The van der Waals surface area contributed by atoms with E-state index in [0.717, 1.165) is 41.8 Å². The number of carbonyl (C=O) groups is 1. The molecule has 6 heteroatoms. The van der Waals surface area contributed by atoms with Gasteiger partial charge < -0.3 is 10.1 Å². The first-order valence-electron chi connectivity index (χ1n) is 8.20. The number of benzene rings is 1. The van der Waals surface area contributed by atoms with Crippen LogP contribution in [-0.2, 0) is 17.6 Å². The van der Waals surface area contributed by atoms with Gasteiger partial charge in [-0.05, 0) is 37.0 Å². The third kappa shape index (κ3) is 2.73. The van der Waals surface area contributed by atoms with Crippen LogP contribution in [0.1, 0.15) is 48.1 Å². The third-order valence-corrected chi connectivity index (χ3v) is 4.47. The number of hydrogen-bond acceptors (Lipinski definition) is 4. The standard InChI is InChI=1S/C18H18N4O2/c1-10-6-13-7-11(2-5-15(13)24-10)8-16(23)20-18-14(9-19)17(21-22-18)12-3-4-12/h2,5,7,10,12H,3-4,6,8H2,1H3,(H2,20,21,22,23). The van der Waals surface area contributed by atoms with Crippen molar-refractivity contribution in [1.82, 2.24) is 10.2 Å². The van der Waals surface area contributed by atoms with E-state index in [0.29, 0.717) is 17.3 Å². The van der Waals surface area contributed by atoms with E-state index in [9.17, 15) is 10.1 Å². The van der Waals surface area contributed by atoms with E-state index < -0.39 is 0 Å². The maximum absolute atomic E-state index is 12.3. The molecule has 0 bridgehead atoms. The minimum absolute atomic E-state index is 0.174. The van der Waals surface area contributed by atoms with E-state index >= 15 is 0 Å². The molecule has 1 fully saturated rings. The van der Waals surface area contributed by atoms with Crippen LogP contribution in [0, 0.1) is 11.3 Å². The molecule has 4 rings (SSSR count). The quantitative estimate of drug-likeness (QED) is 0.905. The number of anilines is 1. The molecular weight excluding hydrogens is 304 g/mol. The molecular formula is C18H18N4O2. The Kier molecular flexibility index (Phi) is 3.49. The number of hydrogen-bond donors (Lipinski definition) is 2. The zero-order chi connectivity index (χ0) is 16.7. The van der Waals surface area contributed by atoms with Crippen molar-refractivity contribution in [3.8, 4) is 11.8 Å². The Morgan fingerprint density at radius 1 is 1.50 bits per heavy atom. The smallest absolute Gasteiger partial charge is 0.230 e. The van der Waals surface area contributed by atoms with Crippen molar-refractivity contribution in [3.63, 3.8) is 0 Å². The van der Waals surface area contributed by atoms with Crippen molar-refractivity contribution >= 4 is 11.7 Å². The Bertz CT molecular complexity index is 845. The van der Waals surface area contributed by atoms with E-state index in [1.807, 2.05) is 25.1 Å². The second-order valence-electron chi connectivity index (χ2n) is 6.55. The monoisotopic (exact) mass is 322 g/mol. The van der Waals surface area contributed by atoms with Crippen LogP contribution in [0.25, 0.3) is 0 Å². The average molecular weight is 322 g/mol. The van der Waals surface area contributed by atoms with Gasteiger partial charge >= 0.3 is 0 Å². The number of H-pyrrole nitrogens is 1. The second kappa shape index (κ2) is 5.68. The fraction of sp³-hybridized carbons (Fsp3) is 0.389. The lowest BCUT2D eigenvalue weighted by atomic mass is 10.0. The zero-order valence-electron chi connectivity index (χ0n) is 13.4. The molecule has 2 aliphatic rings. The molecule has 1 unspecified atom stereocenters. The minimum Gasteiger partial charge on any atom is -0.490 e. The molecule has 1 aromatic carbocycles. The van der Waals surface area contributed by atoms with Gasteiger partial charge in [0.25, 0.3) is 0 Å². The number of nitriles is 1. The Morgan fingerprint density at radius 2 is 2.33 bits per heavy atom. The van der Waals surface area contributed by atoms with Gasteiger partial charge in [0.1, 0.15) is 23.5 Å². The predicted molar refractivity (Wildman–Crippen MR) is 87.8 cm³/mol. The van der Waals surface area contributed by atoms with Crippen LogP contribution in [0.15, 0.2) is 18.2 Å². The van der Waals surface area contributed by atoms with Crippen molar-refractivity contribution in [3.05, 3.63) is 40.6 Å². The molecule has 6 nitrogen and oxygen atoms in total. The summed E-state index contributed by atoms with van der Waals surface area (Å²) in [4.78, 5) is 12.3. The normalized spacial score (nSPS) is 18.6. The Labute approximate surface area is 139 Å². The fourth-order valence-electron chi connectivity index (χ4n) is 3.17. The van der Waals surface area contributed by atoms with Crippen molar-refractivity contribution in [1.29, 1.82) is 5.26 Å². The number of nitrogens with one attached hydrogen (secondary N) is 2. The van der Waals surface area contributed by atoms with Gasteiger partial charge in [-0.25, -0.2) is 0 Å². The molecule has 0 radical (unpaired) electrons. The first-order chi connectivity index (χ1) is 11.6. The van der Waals surface area contributed by atoms with E-state index in [-0.39, 0.29) is 18.4 Å². The summed E-state index contributed by atoms with van der Waals surface area (Å²) in [7, 11) is 0. The molecule has 0 saturated heterocycles. The van der Waals surface area contributed by atoms with Gasteiger partial charge in [0, 0.05) is 12.3 Å². The molecule has 122 valence electrons. The number of ether oxygens (including phenoxy) is 1. The van der Waals surface area contributed by atoms with Crippen molar-refractivity contribution in [2.45, 2.75) is 44.6 Å². The first kappa shape index (κ1) is 14.8. The summed E-state index contributed by atoms with van der Waals surface area (Å²) in [6, 6.07) is 7.99. The predicted octanol–water partition coefficient (Wildman–Crippen LogP) is 2.66. The highest BCUT2D eigenvalue weighted by Crippen LogP contribution is 2.41. The van der Waals surface area contributed by atoms with Crippen molar-refractivity contribution in [2.24, 2.45) is 0 Å². The summed E-state index contributed by atoms with van der Waals surface area (Å²) in [5.74, 6) is 1.45. The van der Waals surface area contributed by atoms with E-state index in [1.54, 1.807) is 0 Å². The van der Waals surface area contributed by atoms with Gasteiger partial charge in [-0.15, -0.1) is 0 Å². The summed E-state index contributed by atoms with van der Waals surface area (Å²) < 4.78 is 5.67. The number of aromatic nitrogens is 2. The number of carbonyl (C=O) groups excluding carboxylic acids is 1. The molecule has 1 aliphatic carbocycles. The van der Waals surface area contributed by atoms with Gasteiger partial charge in [-0.2, -0.15) is 10.4 Å². The molecule has 1 amide bonds. The summed E-state index contributed by atoms with van der Waals surface area (Å²) in [5, 5.41) is 19.1. The van der Waals surface area contributed by atoms with Crippen LogP contribution in [0.4, 0.5) is 5.82 Å². The number of rotatable bonds is 4. The number of nitrogens with zero attached hydrogens (tertiary/aromatic N) is 2. The largest absolute Gasteiger partial charge is 0.490 e. The van der Waals surface area contributed by atoms with Crippen LogP contribution in [0.2, 0.25) is 0 Å². The van der Waals surface area contributed by atoms with Gasteiger partial charge in [0.15, 0.2) is 5.82 Å². The Morgan fingerprint density at radius 3 is 3.08 bits per heavy atom. The Hall–Kier alpha value is -2.81. The number of fused-ring (bicyclic) bond motifs is 1. The zero-order valence-corrected chi connectivity index (χ0v) is 13.4. The molecule has 2 N–H and O–H groups in total. The van der Waals surface area contributed by atoms with E-state index in [2.05, 4.69) is 21.6 Å². The highest BCUT2D eigenvalue weighted by Gasteiger charge is 2.30. The first-order valence-corrected chi connectivity index (χ1v) is 8.20.